The first-order valence-corrected chi connectivity index (χ1v) is 12.6. The summed E-state index contributed by atoms with van der Waals surface area (Å²) in [6.07, 6.45) is 0.821. The number of carbonyl (C=O) groups excluding carboxylic acids is 2. The van der Waals surface area contributed by atoms with E-state index in [0.29, 0.717) is 34.7 Å². The molecule has 2 N–H and O–H groups in total. The summed E-state index contributed by atoms with van der Waals surface area (Å²) >= 11 is 6.11. The minimum Gasteiger partial charge on any atom is -0.350 e. The van der Waals surface area contributed by atoms with E-state index in [0.717, 1.165) is 0 Å². The number of para-hydroxylation sites is 1. The Balaban J connectivity index is 1.61. The molecule has 0 bridgehead atoms. The lowest BCUT2D eigenvalue weighted by Crippen LogP contribution is -2.42. The molecule has 1 saturated heterocycles. The van der Waals surface area contributed by atoms with E-state index in [1.54, 1.807) is 48.5 Å². The Labute approximate surface area is 194 Å². The van der Waals surface area contributed by atoms with Gasteiger partial charge in [-0.15, -0.1) is 0 Å². The first-order valence-electron chi connectivity index (χ1n) is 10.6. The Hall–Kier alpha value is -2.42. The molecule has 0 atom stereocenters. The number of hydrogen-bond donors (Lipinski definition) is 2. The molecule has 1 aliphatic rings. The summed E-state index contributed by atoms with van der Waals surface area (Å²) in [6.45, 7) is 4.26. The second-order valence-electron chi connectivity index (χ2n) is 8.18. The molecule has 1 aliphatic heterocycles. The van der Waals surface area contributed by atoms with Crippen LogP contribution in [0.1, 0.15) is 42.6 Å². The zero-order valence-electron chi connectivity index (χ0n) is 18.2. The third kappa shape index (κ3) is 6.09. The number of halogens is 1. The van der Waals surface area contributed by atoms with Crippen LogP contribution < -0.4 is 10.6 Å². The van der Waals surface area contributed by atoms with Gasteiger partial charge in [0, 0.05) is 30.1 Å². The van der Waals surface area contributed by atoms with Crippen molar-refractivity contribution < 1.29 is 18.0 Å². The van der Waals surface area contributed by atoms with Gasteiger partial charge in [-0.05, 0) is 50.5 Å². The molecule has 0 aromatic heterocycles. The summed E-state index contributed by atoms with van der Waals surface area (Å²) in [4.78, 5) is 25.2. The number of hydrogen-bond acceptors (Lipinski definition) is 4. The highest BCUT2D eigenvalue weighted by Crippen LogP contribution is 2.25. The van der Waals surface area contributed by atoms with E-state index in [1.165, 1.54) is 4.31 Å². The molecule has 172 valence electrons. The topological polar surface area (TPSA) is 95.6 Å². The van der Waals surface area contributed by atoms with Crippen molar-refractivity contribution in [3.63, 3.8) is 0 Å². The van der Waals surface area contributed by atoms with Crippen LogP contribution in [-0.2, 0) is 20.6 Å². The SMILES string of the molecule is CC(C)NC(=O)c1ccccc1NC(=O)C1CCN(S(=O)(=O)Cc2ccccc2Cl)CC1. The van der Waals surface area contributed by atoms with Crippen molar-refractivity contribution in [2.24, 2.45) is 5.92 Å². The lowest BCUT2D eigenvalue weighted by Gasteiger charge is -2.30. The number of sulfonamides is 1. The monoisotopic (exact) mass is 477 g/mol. The van der Waals surface area contributed by atoms with Crippen molar-refractivity contribution in [1.82, 2.24) is 9.62 Å². The van der Waals surface area contributed by atoms with Crippen LogP contribution in [0.4, 0.5) is 5.69 Å². The Morgan fingerprint density at radius 3 is 2.34 bits per heavy atom. The van der Waals surface area contributed by atoms with Gasteiger partial charge in [-0.2, -0.15) is 0 Å². The fraction of sp³-hybridized carbons (Fsp3) is 0.391. The number of benzene rings is 2. The molecule has 0 aliphatic carbocycles. The first kappa shape index (κ1) is 24.2. The fourth-order valence-electron chi connectivity index (χ4n) is 3.66. The summed E-state index contributed by atoms with van der Waals surface area (Å²) in [5.41, 5.74) is 1.41. The molecule has 2 amide bonds. The highest BCUT2D eigenvalue weighted by molar-refractivity contribution is 7.88. The van der Waals surface area contributed by atoms with Crippen LogP contribution in [0.5, 0.6) is 0 Å². The van der Waals surface area contributed by atoms with E-state index < -0.39 is 10.0 Å². The molecular weight excluding hydrogens is 450 g/mol. The minimum absolute atomic E-state index is 0.0247. The van der Waals surface area contributed by atoms with Gasteiger partial charge in [0.25, 0.3) is 5.91 Å². The van der Waals surface area contributed by atoms with Crippen LogP contribution in [0.15, 0.2) is 48.5 Å². The lowest BCUT2D eigenvalue weighted by atomic mass is 9.97. The standard InChI is InChI=1S/C23H28ClN3O4S/c1-16(2)25-23(29)19-8-4-6-10-21(19)26-22(28)17-11-13-27(14-12-17)32(30,31)15-18-7-3-5-9-20(18)24/h3-10,16-17H,11-15H2,1-2H3,(H,25,29)(H,26,28). The second kappa shape index (κ2) is 10.5. The van der Waals surface area contributed by atoms with Crippen LogP contribution >= 0.6 is 11.6 Å². The third-order valence-corrected chi connectivity index (χ3v) is 7.56. The smallest absolute Gasteiger partial charge is 0.253 e. The summed E-state index contributed by atoms with van der Waals surface area (Å²) in [6, 6.07) is 13.7. The van der Waals surface area contributed by atoms with Crippen LogP contribution in [-0.4, -0.2) is 43.7 Å². The maximum atomic E-state index is 12.8. The highest BCUT2D eigenvalue weighted by atomic mass is 35.5. The second-order valence-corrected chi connectivity index (χ2v) is 10.6. The summed E-state index contributed by atoms with van der Waals surface area (Å²) in [5.74, 6) is -0.959. The van der Waals surface area contributed by atoms with Crippen molar-refractivity contribution in [2.75, 3.05) is 18.4 Å². The average molecular weight is 478 g/mol. The first-order chi connectivity index (χ1) is 15.2. The van der Waals surface area contributed by atoms with Crippen molar-refractivity contribution in [3.8, 4) is 0 Å². The van der Waals surface area contributed by atoms with Gasteiger partial charge in [0.15, 0.2) is 0 Å². The van der Waals surface area contributed by atoms with E-state index in [-0.39, 0.29) is 42.6 Å². The quantitative estimate of drug-likeness (QED) is 0.636. The van der Waals surface area contributed by atoms with Crippen molar-refractivity contribution in [2.45, 2.75) is 38.5 Å². The largest absolute Gasteiger partial charge is 0.350 e. The van der Waals surface area contributed by atoms with E-state index in [4.69, 9.17) is 11.6 Å². The Kier molecular flexibility index (Phi) is 7.92. The predicted octanol–water partition coefficient (Wildman–Crippen LogP) is 3.66. The van der Waals surface area contributed by atoms with Gasteiger partial charge in [0.05, 0.1) is 17.0 Å². The Morgan fingerprint density at radius 1 is 1.06 bits per heavy atom. The molecule has 7 nitrogen and oxygen atoms in total. The third-order valence-electron chi connectivity index (χ3n) is 5.36. The van der Waals surface area contributed by atoms with Gasteiger partial charge >= 0.3 is 0 Å². The molecular formula is C23H28ClN3O4S. The zero-order chi connectivity index (χ0) is 23.3. The molecule has 2 aromatic carbocycles. The van der Waals surface area contributed by atoms with Crippen molar-refractivity contribution in [1.29, 1.82) is 0 Å². The molecule has 32 heavy (non-hydrogen) atoms. The normalized spacial score (nSPS) is 15.5. The van der Waals surface area contributed by atoms with E-state index in [2.05, 4.69) is 10.6 Å². The molecule has 9 heteroatoms. The van der Waals surface area contributed by atoms with Crippen LogP contribution in [0.25, 0.3) is 0 Å². The van der Waals surface area contributed by atoms with Gasteiger partial charge < -0.3 is 10.6 Å². The number of amides is 2. The maximum absolute atomic E-state index is 12.8. The molecule has 2 aromatic rings. The molecule has 3 rings (SSSR count). The number of anilines is 1. The van der Waals surface area contributed by atoms with Gasteiger partial charge in [-0.3, -0.25) is 9.59 Å². The van der Waals surface area contributed by atoms with E-state index >= 15 is 0 Å². The number of piperidine rings is 1. The number of nitrogens with one attached hydrogen (secondary N) is 2. The molecule has 0 radical (unpaired) electrons. The van der Waals surface area contributed by atoms with Crippen LogP contribution in [0, 0.1) is 5.92 Å². The Morgan fingerprint density at radius 2 is 1.69 bits per heavy atom. The number of carbonyl (C=O) groups is 2. The van der Waals surface area contributed by atoms with E-state index in [1.807, 2.05) is 13.8 Å². The number of nitrogens with zero attached hydrogens (tertiary/aromatic N) is 1. The Bertz CT molecular complexity index is 1080. The van der Waals surface area contributed by atoms with Crippen molar-refractivity contribution in [3.05, 3.63) is 64.7 Å². The minimum atomic E-state index is -3.53. The summed E-state index contributed by atoms with van der Waals surface area (Å²) < 4.78 is 27.0. The average Bonchev–Trinajstić information content (AvgIpc) is 2.75. The van der Waals surface area contributed by atoms with Gasteiger partial charge in [0.2, 0.25) is 15.9 Å². The maximum Gasteiger partial charge on any atom is 0.253 e. The molecule has 0 saturated carbocycles. The molecule has 1 heterocycles. The predicted molar refractivity (Wildman–Crippen MR) is 126 cm³/mol. The van der Waals surface area contributed by atoms with Crippen LogP contribution in [0.3, 0.4) is 0 Å². The van der Waals surface area contributed by atoms with E-state index in [9.17, 15) is 18.0 Å². The van der Waals surface area contributed by atoms with Crippen LogP contribution in [0.2, 0.25) is 5.02 Å². The fourth-order valence-corrected chi connectivity index (χ4v) is 5.54. The molecule has 0 unspecified atom stereocenters. The molecule has 0 spiro atoms. The molecule has 1 fully saturated rings. The number of rotatable bonds is 7. The zero-order valence-corrected chi connectivity index (χ0v) is 19.7. The highest BCUT2D eigenvalue weighted by Gasteiger charge is 2.32. The summed E-state index contributed by atoms with van der Waals surface area (Å²) in [5, 5.41) is 6.10. The van der Waals surface area contributed by atoms with Gasteiger partial charge in [0.1, 0.15) is 0 Å². The summed E-state index contributed by atoms with van der Waals surface area (Å²) in [7, 11) is -3.53. The lowest BCUT2D eigenvalue weighted by molar-refractivity contribution is -0.120. The van der Waals surface area contributed by atoms with Crippen molar-refractivity contribution >= 4 is 39.1 Å². The van der Waals surface area contributed by atoms with Gasteiger partial charge in [-0.25, -0.2) is 12.7 Å². The van der Waals surface area contributed by atoms with Gasteiger partial charge in [-0.1, -0.05) is 41.9 Å².